The Hall–Kier alpha value is -7.05. The maximum Gasteiger partial charge on any atom is 0.408 e. The van der Waals surface area contributed by atoms with Gasteiger partial charge in [-0.1, -0.05) is 13.8 Å². The second-order valence-corrected chi connectivity index (χ2v) is 21.9. The number of amides is 6. The van der Waals surface area contributed by atoms with E-state index in [2.05, 4.69) is 30.8 Å². The summed E-state index contributed by atoms with van der Waals surface area (Å²) in [6, 6.07) is 3.61. The van der Waals surface area contributed by atoms with Gasteiger partial charge in [-0.3, -0.25) is 33.8 Å². The zero-order chi connectivity index (χ0) is 58.9. The standard InChI is InChI=1S/C58H80N10O13/c1-12-38-32(2)40-31-45-47(56(75)80-28-27-79-26-25-78-24-21-69)34(4)42(63-45)29-41-33(3)39(13-14-46(70)66(11)16-15-59-52(71)36(6)60-53(72)37(7)61-57(76)81-58(8,9)10)50(64-41)49-51-48(35(5)43(65-51)30-44(38)62-40)54(73)68(55(49)74)18-17-67-19-22-77-23-20-67/h29-31,33,36-37,39,64-65,69H,12-28H2,1-11H3,(H,59,71)(H,60,72)(H,61,76)/t33-,36-,37-,39-/m0/s1. The second kappa shape index (κ2) is 27.1. The lowest BCUT2D eigenvalue weighted by Gasteiger charge is -2.31. The molecule has 0 radical (unpaired) electrons. The van der Waals surface area contributed by atoms with Crippen LogP contribution in [0.3, 0.4) is 0 Å². The van der Waals surface area contributed by atoms with Crippen LogP contribution in [0.2, 0.25) is 0 Å². The molecule has 81 heavy (non-hydrogen) atoms. The Morgan fingerprint density at radius 3 is 2.19 bits per heavy atom. The van der Waals surface area contributed by atoms with E-state index in [-0.39, 0.29) is 95.1 Å². The number of aromatic amines is 2. The molecule has 6 N–H and O–H groups in total. The molecule has 1 fully saturated rings. The average Bonchev–Trinajstić information content (AvgIpc) is 4.33. The summed E-state index contributed by atoms with van der Waals surface area (Å²) in [7, 11) is 1.63. The van der Waals surface area contributed by atoms with Crippen molar-refractivity contribution in [3.05, 3.63) is 69.1 Å². The third-order valence-corrected chi connectivity index (χ3v) is 15.0. The highest BCUT2D eigenvalue weighted by Gasteiger charge is 2.41. The fraction of sp³-hybridized carbons (Fsp3) is 0.569. The smallest absolute Gasteiger partial charge is 0.408 e. The van der Waals surface area contributed by atoms with Crippen LogP contribution in [0, 0.1) is 6.92 Å². The minimum atomic E-state index is -0.980. The van der Waals surface area contributed by atoms with Crippen molar-refractivity contribution >= 4 is 74.9 Å². The van der Waals surface area contributed by atoms with E-state index < -0.39 is 59.3 Å². The van der Waals surface area contributed by atoms with Crippen LogP contribution in [0.5, 0.6) is 0 Å². The van der Waals surface area contributed by atoms with Crippen LogP contribution in [0.1, 0.15) is 154 Å². The third kappa shape index (κ3) is 14.7. The number of ether oxygens (including phenoxy) is 5. The van der Waals surface area contributed by atoms with Crippen molar-refractivity contribution in [3.63, 3.8) is 0 Å². The maximum absolute atomic E-state index is 15.3. The lowest BCUT2D eigenvalue weighted by molar-refractivity contribution is -0.138. The van der Waals surface area contributed by atoms with E-state index in [1.54, 1.807) is 40.8 Å². The quantitative estimate of drug-likeness (QED) is 0.0496. The highest BCUT2D eigenvalue weighted by Crippen LogP contribution is 2.45. The Labute approximate surface area is 472 Å². The zero-order valence-electron chi connectivity index (χ0n) is 48.6. The van der Waals surface area contributed by atoms with Crippen molar-refractivity contribution in [3.8, 4) is 0 Å². The topological polar surface area (TPSA) is 289 Å². The van der Waals surface area contributed by atoms with Crippen molar-refractivity contribution in [2.75, 3.05) is 99.2 Å². The number of H-pyrrole nitrogens is 2. The van der Waals surface area contributed by atoms with Gasteiger partial charge in [-0.05, 0) is 109 Å². The number of morpholine rings is 1. The van der Waals surface area contributed by atoms with E-state index >= 15 is 4.79 Å². The summed E-state index contributed by atoms with van der Waals surface area (Å²) in [5.74, 6) is -3.65. The van der Waals surface area contributed by atoms with Crippen molar-refractivity contribution in [1.82, 2.24) is 50.6 Å². The molecule has 5 aliphatic rings. The molecular formula is C58H80N10O13. The lowest BCUT2D eigenvalue weighted by Crippen LogP contribution is -2.52. The molecule has 5 aliphatic heterocycles. The van der Waals surface area contributed by atoms with E-state index in [1.165, 1.54) is 23.6 Å². The summed E-state index contributed by atoms with van der Waals surface area (Å²) in [5, 5.41) is 16.8. The number of fused-ring (bicyclic) bond motifs is 8. The molecule has 440 valence electrons. The van der Waals surface area contributed by atoms with Crippen LogP contribution < -0.4 is 16.0 Å². The molecule has 0 unspecified atom stereocenters. The number of imide groups is 1. The van der Waals surface area contributed by atoms with Gasteiger partial charge in [0.2, 0.25) is 17.7 Å². The molecule has 2 aromatic rings. The summed E-state index contributed by atoms with van der Waals surface area (Å²) in [6.07, 6.45) is 0.150. The number of nitrogens with zero attached hydrogens (tertiary/aromatic N) is 5. The SMILES string of the molecule is CCC1=C(C)c2cc3nc(cc4[nH]c(c5c6[nH]c(cc1n2)c(C)c6C(=O)N(CCN1CCOCC1)C5=O)[C@@H](CCC(=O)N(C)CCNC(=O)[C@H](C)NC(=O)[C@H](C)NC(=O)OC(C)(C)C)[C@@H]4C)C(C)=C3C(=O)OCCOCCOCCO. The summed E-state index contributed by atoms with van der Waals surface area (Å²) >= 11 is 0. The number of alkyl carbamates (subject to hydrolysis) is 1. The van der Waals surface area contributed by atoms with Crippen LogP contribution in [0.25, 0.3) is 33.3 Å². The largest absolute Gasteiger partial charge is 0.460 e. The molecule has 0 aromatic carbocycles. The molecule has 23 nitrogen and oxygen atoms in total. The van der Waals surface area contributed by atoms with Crippen molar-refractivity contribution in [2.24, 2.45) is 0 Å². The molecule has 23 heteroatoms. The first-order valence-electron chi connectivity index (χ1n) is 27.9. The second-order valence-electron chi connectivity index (χ2n) is 21.9. The molecule has 8 bridgehead atoms. The van der Waals surface area contributed by atoms with Gasteiger partial charge in [0, 0.05) is 81.5 Å². The number of hydrogen-bond acceptors (Lipinski definition) is 16. The van der Waals surface area contributed by atoms with Gasteiger partial charge in [0.05, 0.1) is 91.2 Å². The van der Waals surface area contributed by atoms with Gasteiger partial charge in [-0.15, -0.1) is 0 Å². The van der Waals surface area contributed by atoms with Crippen molar-refractivity contribution < 1.29 is 62.4 Å². The van der Waals surface area contributed by atoms with Crippen LogP contribution in [-0.4, -0.2) is 198 Å². The number of aliphatic hydroxyl groups is 1. The van der Waals surface area contributed by atoms with Crippen molar-refractivity contribution in [2.45, 2.75) is 118 Å². The summed E-state index contributed by atoms with van der Waals surface area (Å²) < 4.78 is 27.4. The predicted octanol–water partition coefficient (Wildman–Crippen LogP) is 4.77. The summed E-state index contributed by atoms with van der Waals surface area (Å²) in [6.45, 7) is 21.6. The normalized spacial score (nSPS) is 17.7. The molecule has 0 aliphatic carbocycles. The van der Waals surface area contributed by atoms with E-state index in [4.69, 9.17) is 38.8 Å². The van der Waals surface area contributed by atoms with Gasteiger partial charge in [0.25, 0.3) is 11.8 Å². The van der Waals surface area contributed by atoms with Gasteiger partial charge in [-0.25, -0.2) is 19.6 Å². The average molecular weight is 1130 g/mol. The Morgan fingerprint density at radius 1 is 0.840 bits per heavy atom. The lowest BCUT2D eigenvalue weighted by atomic mass is 9.84. The summed E-state index contributed by atoms with van der Waals surface area (Å²) in [5.41, 5.74) is 7.38. The minimum absolute atomic E-state index is 0.0375. The van der Waals surface area contributed by atoms with Gasteiger partial charge < -0.3 is 59.6 Å². The van der Waals surface area contributed by atoms with Crippen LogP contribution in [0.15, 0.2) is 18.2 Å². The molecule has 7 rings (SSSR count). The minimum Gasteiger partial charge on any atom is -0.460 e. The number of carbonyl (C=O) groups excluding carboxylic acids is 7. The number of carbonyl (C=O) groups is 7. The van der Waals surface area contributed by atoms with Crippen molar-refractivity contribution in [1.29, 1.82) is 0 Å². The summed E-state index contributed by atoms with van der Waals surface area (Å²) in [4.78, 5) is 119. The predicted molar refractivity (Wildman–Crippen MR) is 302 cm³/mol. The first kappa shape index (κ1) is 61.6. The third-order valence-electron chi connectivity index (χ3n) is 15.0. The monoisotopic (exact) mass is 1120 g/mol. The van der Waals surface area contributed by atoms with Gasteiger partial charge in [0.1, 0.15) is 24.3 Å². The number of likely N-dealkylation sites (N-methyl/N-ethyl adjacent to an activating group) is 1. The fourth-order valence-corrected chi connectivity index (χ4v) is 10.4. The molecule has 7 heterocycles. The molecular weight excluding hydrogens is 1040 g/mol. The highest BCUT2D eigenvalue weighted by atomic mass is 16.6. The first-order chi connectivity index (χ1) is 38.5. The van der Waals surface area contributed by atoms with Gasteiger partial charge in [-0.2, -0.15) is 0 Å². The Morgan fingerprint density at radius 2 is 1.49 bits per heavy atom. The molecule has 1 saturated heterocycles. The molecule has 0 saturated carbocycles. The Bertz CT molecular complexity index is 3020. The van der Waals surface area contributed by atoms with E-state index in [0.29, 0.717) is 101 Å². The number of esters is 1. The molecule has 4 atom stereocenters. The first-order valence-corrected chi connectivity index (χ1v) is 27.9. The number of aromatic nitrogens is 4. The highest BCUT2D eigenvalue weighted by molar-refractivity contribution is 6.25. The Balaban J connectivity index is 1.22. The van der Waals surface area contributed by atoms with E-state index in [9.17, 15) is 28.8 Å². The number of allylic oxidation sites excluding steroid dienone is 3. The molecule has 6 amide bonds. The van der Waals surface area contributed by atoms with Crippen LogP contribution >= 0.6 is 0 Å². The molecule has 0 spiro atoms. The van der Waals surface area contributed by atoms with Crippen LogP contribution in [-0.2, 0) is 42.9 Å². The van der Waals surface area contributed by atoms with E-state index in [0.717, 1.165) is 11.1 Å². The Kier molecular flexibility index (Phi) is 20.6. The fourth-order valence-electron chi connectivity index (χ4n) is 10.4. The van der Waals surface area contributed by atoms with Gasteiger partial charge >= 0.3 is 12.1 Å². The number of nitrogens with one attached hydrogen (secondary N) is 5. The maximum atomic E-state index is 15.3. The van der Waals surface area contributed by atoms with Gasteiger partial charge in [0.15, 0.2) is 0 Å². The number of hydrogen-bond donors (Lipinski definition) is 6. The number of rotatable bonds is 23. The van der Waals surface area contributed by atoms with E-state index in [1.807, 2.05) is 39.8 Å². The molecule has 2 aromatic heterocycles. The number of aliphatic hydroxyl groups excluding tert-OH is 1. The zero-order valence-corrected chi connectivity index (χ0v) is 48.6. The number of aryl methyl sites for hydroxylation is 1. The van der Waals surface area contributed by atoms with Crippen LogP contribution in [0.4, 0.5) is 4.79 Å².